The summed E-state index contributed by atoms with van der Waals surface area (Å²) >= 11 is 0. The molecular weight excluding hydrogens is 192 g/mol. The topological polar surface area (TPSA) is 64.3 Å². The molecule has 0 aromatic heterocycles. The van der Waals surface area contributed by atoms with Crippen LogP contribution in [0.5, 0.6) is 0 Å². The molecule has 3 N–H and O–H groups in total. The van der Waals surface area contributed by atoms with Gasteiger partial charge in [0.05, 0.1) is 0 Å². The summed E-state index contributed by atoms with van der Waals surface area (Å²) in [4.78, 5) is 11.5. The molecule has 0 aliphatic heterocycles. The number of hydrogen-bond donors (Lipinski definition) is 2. The first-order chi connectivity index (χ1) is 7.25. The molecule has 2 saturated carbocycles. The predicted molar refractivity (Wildman–Crippen MR) is 57.5 cm³/mol. The van der Waals surface area contributed by atoms with Gasteiger partial charge in [-0.15, -0.1) is 0 Å². The lowest BCUT2D eigenvalue weighted by molar-refractivity contribution is 0.0899. The van der Waals surface area contributed by atoms with Crippen LogP contribution >= 0.6 is 0 Å². The first-order valence-corrected chi connectivity index (χ1v) is 5.98. The number of rotatable bonds is 2. The summed E-state index contributed by atoms with van der Waals surface area (Å²) in [6.45, 7) is 0. The Bertz CT molecular complexity index is 227. The molecule has 0 heterocycles. The van der Waals surface area contributed by atoms with E-state index >= 15 is 0 Å². The SMILES string of the molecule is NC1CCCC1OC(=O)NC1CCCC1. The van der Waals surface area contributed by atoms with E-state index in [4.69, 9.17) is 10.5 Å². The van der Waals surface area contributed by atoms with Crippen molar-refractivity contribution in [3.05, 3.63) is 0 Å². The number of alkyl carbamates (subject to hydrolysis) is 1. The fourth-order valence-electron chi connectivity index (χ4n) is 2.51. The van der Waals surface area contributed by atoms with E-state index in [1.54, 1.807) is 0 Å². The summed E-state index contributed by atoms with van der Waals surface area (Å²) in [5.74, 6) is 0. The summed E-state index contributed by atoms with van der Waals surface area (Å²) in [6.07, 6.45) is 7.23. The zero-order valence-corrected chi connectivity index (χ0v) is 9.08. The molecule has 2 unspecified atom stereocenters. The van der Waals surface area contributed by atoms with Gasteiger partial charge in [0.15, 0.2) is 0 Å². The van der Waals surface area contributed by atoms with Crippen LogP contribution in [0.3, 0.4) is 0 Å². The highest BCUT2D eigenvalue weighted by atomic mass is 16.6. The molecule has 2 rings (SSSR count). The van der Waals surface area contributed by atoms with Crippen molar-refractivity contribution in [2.75, 3.05) is 0 Å². The van der Waals surface area contributed by atoms with Crippen LogP contribution in [0.4, 0.5) is 4.79 Å². The first kappa shape index (κ1) is 10.7. The maximum atomic E-state index is 11.5. The van der Waals surface area contributed by atoms with Gasteiger partial charge in [-0.3, -0.25) is 0 Å². The van der Waals surface area contributed by atoms with Gasteiger partial charge in [0.2, 0.25) is 0 Å². The van der Waals surface area contributed by atoms with Crippen LogP contribution in [0.15, 0.2) is 0 Å². The minimum Gasteiger partial charge on any atom is -0.445 e. The highest BCUT2D eigenvalue weighted by Gasteiger charge is 2.28. The van der Waals surface area contributed by atoms with E-state index in [9.17, 15) is 4.79 Å². The third-order valence-electron chi connectivity index (χ3n) is 3.44. The molecule has 1 amide bonds. The molecule has 0 aromatic carbocycles. The van der Waals surface area contributed by atoms with Crippen molar-refractivity contribution in [1.82, 2.24) is 5.32 Å². The standard InChI is InChI=1S/C11H20N2O2/c12-9-6-3-7-10(9)15-11(14)13-8-4-1-2-5-8/h8-10H,1-7,12H2,(H,13,14). The summed E-state index contributed by atoms with van der Waals surface area (Å²) in [7, 11) is 0. The van der Waals surface area contributed by atoms with Crippen molar-refractivity contribution in [2.24, 2.45) is 5.73 Å². The zero-order valence-electron chi connectivity index (χ0n) is 9.08. The van der Waals surface area contributed by atoms with Crippen LogP contribution in [-0.2, 0) is 4.74 Å². The number of hydrogen-bond acceptors (Lipinski definition) is 3. The molecule has 2 aliphatic rings. The van der Waals surface area contributed by atoms with Crippen molar-refractivity contribution >= 4 is 6.09 Å². The summed E-state index contributed by atoms with van der Waals surface area (Å²) in [6, 6.07) is 0.370. The van der Waals surface area contributed by atoms with Gasteiger partial charge in [0, 0.05) is 12.1 Å². The monoisotopic (exact) mass is 212 g/mol. The average molecular weight is 212 g/mol. The smallest absolute Gasteiger partial charge is 0.407 e. The van der Waals surface area contributed by atoms with Crippen LogP contribution in [0.1, 0.15) is 44.9 Å². The van der Waals surface area contributed by atoms with E-state index in [-0.39, 0.29) is 18.2 Å². The normalized spacial score (nSPS) is 31.8. The molecule has 2 atom stereocenters. The van der Waals surface area contributed by atoms with E-state index in [2.05, 4.69) is 5.32 Å². The highest BCUT2D eigenvalue weighted by Crippen LogP contribution is 2.21. The van der Waals surface area contributed by atoms with Crippen LogP contribution in [0.2, 0.25) is 0 Å². The minimum absolute atomic E-state index is 0.0410. The molecule has 4 nitrogen and oxygen atoms in total. The summed E-state index contributed by atoms with van der Waals surface area (Å²) in [5.41, 5.74) is 5.83. The Labute approximate surface area is 90.5 Å². The van der Waals surface area contributed by atoms with Gasteiger partial charge >= 0.3 is 6.09 Å². The maximum Gasteiger partial charge on any atom is 0.407 e. The van der Waals surface area contributed by atoms with Crippen LogP contribution in [0.25, 0.3) is 0 Å². The fraction of sp³-hybridized carbons (Fsp3) is 0.909. The second kappa shape index (κ2) is 4.84. The number of amides is 1. The molecule has 4 heteroatoms. The number of carbonyl (C=O) groups excluding carboxylic acids is 1. The lowest BCUT2D eigenvalue weighted by Crippen LogP contribution is -2.39. The Kier molecular flexibility index (Phi) is 3.46. The lowest BCUT2D eigenvalue weighted by Gasteiger charge is -2.18. The van der Waals surface area contributed by atoms with Crippen molar-refractivity contribution in [3.63, 3.8) is 0 Å². The highest BCUT2D eigenvalue weighted by molar-refractivity contribution is 5.67. The number of nitrogens with two attached hydrogens (primary N) is 1. The Balaban J connectivity index is 1.71. The third kappa shape index (κ3) is 2.84. The molecule has 2 fully saturated rings. The Morgan fingerprint density at radius 3 is 2.47 bits per heavy atom. The Hall–Kier alpha value is -0.770. The molecule has 15 heavy (non-hydrogen) atoms. The molecule has 0 bridgehead atoms. The summed E-state index contributed by atoms with van der Waals surface area (Å²) in [5, 5.41) is 2.91. The quantitative estimate of drug-likeness (QED) is 0.729. The molecular formula is C11H20N2O2. The Morgan fingerprint density at radius 2 is 1.87 bits per heavy atom. The molecule has 86 valence electrons. The van der Waals surface area contributed by atoms with E-state index < -0.39 is 0 Å². The fourth-order valence-corrected chi connectivity index (χ4v) is 2.51. The van der Waals surface area contributed by atoms with Crippen LogP contribution in [-0.4, -0.2) is 24.3 Å². The molecule has 2 aliphatic carbocycles. The number of carbonyl (C=O) groups is 1. The van der Waals surface area contributed by atoms with Crippen molar-refractivity contribution in [2.45, 2.75) is 63.1 Å². The third-order valence-corrected chi connectivity index (χ3v) is 3.44. The predicted octanol–water partition coefficient (Wildman–Crippen LogP) is 1.53. The van der Waals surface area contributed by atoms with E-state index in [1.807, 2.05) is 0 Å². The van der Waals surface area contributed by atoms with E-state index in [1.165, 1.54) is 12.8 Å². The number of nitrogens with one attached hydrogen (secondary N) is 1. The van der Waals surface area contributed by atoms with Gasteiger partial charge in [-0.1, -0.05) is 12.8 Å². The largest absolute Gasteiger partial charge is 0.445 e. The van der Waals surface area contributed by atoms with Crippen molar-refractivity contribution < 1.29 is 9.53 Å². The van der Waals surface area contributed by atoms with E-state index in [0.717, 1.165) is 32.1 Å². The van der Waals surface area contributed by atoms with Gasteiger partial charge in [-0.2, -0.15) is 0 Å². The van der Waals surface area contributed by atoms with Gasteiger partial charge in [-0.05, 0) is 32.1 Å². The summed E-state index contributed by atoms with van der Waals surface area (Å²) < 4.78 is 5.31. The maximum absolute atomic E-state index is 11.5. The van der Waals surface area contributed by atoms with E-state index in [0.29, 0.717) is 6.04 Å². The van der Waals surface area contributed by atoms with Crippen LogP contribution in [0, 0.1) is 0 Å². The Morgan fingerprint density at radius 1 is 1.13 bits per heavy atom. The zero-order chi connectivity index (χ0) is 10.7. The second-order valence-corrected chi connectivity index (χ2v) is 4.66. The van der Waals surface area contributed by atoms with Gasteiger partial charge in [0.25, 0.3) is 0 Å². The van der Waals surface area contributed by atoms with Crippen molar-refractivity contribution in [3.8, 4) is 0 Å². The molecule has 0 aromatic rings. The number of ether oxygens (including phenoxy) is 1. The van der Waals surface area contributed by atoms with Crippen LogP contribution < -0.4 is 11.1 Å². The average Bonchev–Trinajstić information content (AvgIpc) is 2.79. The van der Waals surface area contributed by atoms with Gasteiger partial charge in [-0.25, -0.2) is 4.79 Å². The molecule has 0 spiro atoms. The minimum atomic E-state index is -0.274. The lowest BCUT2D eigenvalue weighted by atomic mass is 10.2. The van der Waals surface area contributed by atoms with Gasteiger partial charge < -0.3 is 15.8 Å². The molecule has 0 radical (unpaired) electrons. The molecule has 0 saturated heterocycles. The van der Waals surface area contributed by atoms with Gasteiger partial charge in [0.1, 0.15) is 6.10 Å². The van der Waals surface area contributed by atoms with Crippen molar-refractivity contribution in [1.29, 1.82) is 0 Å². The second-order valence-electron chi connectivity index (χ2n) is 4.66. The first-order valence-electron chi connectivity index (χ1n) is 5.98.